The van der Waals surface area contributed by atoms with Crippen molar-refractivity contribution in [3.63, 3.8) is 0 Å². The first-order chi connectivity index (χ1) is 7.50. The molecule has 0 unspecified atom stereocenters. The molecule has 2 aromatic heterocycles. The third-order valence-corrected chi connectivity index (χ3v) is 2.92. The Kier molecular flexibility index (Phi) is 2.72. The zero-order chi connectivity index (χ0) is 11.9. The fraction of sp³-hybridized carbons (Fsp3) is 0.333. The topological polar surface area (TPSA) is 34.9 Å². The molecule has 16 heavy (non-hydrogen) atoms. The van der Waals surface area contributed by atoms with Crippen molar-refractivity contribution >= 4 is 22.6 Å². The minimum absolute atomic E-state index is 0.0136. The molecule has 0 amide bonds. The van der Waals surface area contributed by atoms with E-state index in [0.29, 0.717) is 5.15 Å². The molecule has 0 radical (unpaired) electrons. The molecule has 0 spiro atoms. The van der Waals surface area contributed by atoms with E-state index in [0.717, 1.165) is 16.6 Å². The van der Waals surface area contributed by atoms with Crippen molar-refractivity contribution in [3.05, 3.63) is 39.3 Å². The van der Waals surface area contributed by atoms with E-state index in [2.05, 4.69) is 4.98 Å². The number of hydrogen-bond donors (Lipinski definition) is 0. The molecule has 3 nitrogen and oxygen atoms in total. The summed E-state index contributed by atoms with van der Waals surface area (Å²) in [5, 5.41) is 0.452. The minimum Gasteiger partial charge on any atom is -0.310 e. The second-order valence-corrected chi connectivity index (χ2v) is 4.54. The van der Waals surface area contributed by atoms with E-state index < -0.39 is 0 Å². The maximum absolute atomic E-state index is 11.7. The Balaban J connectivity index is 2.96. The summed E-state index contributed by atoms with van der Waals surface area (Å²) in [7, 11) is 1.74. The van der Waals surface area contributed by atoms with Crippen molar-refractivity contribution < 1.29 is 0 Å². The van der Waals surface area contributed by atoms with Crippen LogP contribution in [-0.2, 0) is 7.05 Å². The highest BCUT2D eigenvalue weighted by Gasteiger charge is 2.11. The normalized spacial score (nSPS) is 11.3. The quantitative estimate of drug-likeness (QED) is 0.714. The molecular weight excluding hydrogens is 224 g/mol. The van der Waals surface area contributed by atoms with Crippen LogP contribution >= 0.6 is 11.6 Å². The maximum atomic E-state index is 11.7. The molecule has 0 N–H and O–H groups in total. The van der Waals surface area contributed by atoms with Crippen molar-refractivity contribution in [2.75, 3.05) is 0 Å². The van der Waals surface area contributed by atoms with Gasteiger partial charge in [-0.15, -0.1) is 0 Å². The van der Waals surface area contributed by atoms with Crippen LogP contribution in [0.3, 0.4) is 0 Å². The molecule has 0 saturated heterocycles. The molecule has 2 rings (SSSR count). The van der Waals surface area contributed by atoms with Gasteiger partial charge >= 0.3 is 0 Å². The van der Waals surface area contributed by atoms with E-state index in [1.165, 1.54) is 0 Å². The molecule has 84 valence electrons. The summed E-state index contributed by atoms with van der Waals surface area (Å²) in [5.74, 6) is 0.252. The van der Waals surface area contributed by atoms with Crippen LogP contribution in [0.5, 0.6) is 0 Å². The largest absolute Gasteiger partial charge is 0.310 e. The third kappa shape index (κ3) is 1.71. The zero-order valence-electron chi connectivity index (χ0n) is 9.49. The Bertz CT molecular complexity index is 602. The van der Waals surface area contributed by atoms with E-state index in [-0.39, 0.29) is 11.5 Å². The predicted molar refractivity (Wildman–Crippen MR) is 66.1 cm³/mol. The molecule has 2 heterocycles. The van der Waals surface area contributed by atoms with Crippen LogP contribution in [0.15, 0.2) is 23.0 Å². The first kappa shape index (κ1) is 11.1. The molecule has 0 saturated carbocycles. The van der Waals surface area contributed by atoms with E-state index in [1.807, 2.05) is 19.9 Å². The fourth-order valence-electron chi connectivity index (χ4n) is 1.77. The monoisotopic (exact) mass is 236 g/mol. The molecule has 0 bridgehead atoms. The van der Waals surface area contributed by atoms with Crippen molar-refractivity contribution in [1.29, 1.82) is 0 Å². The van der Waals surface area contributed by atoms with Gasteiger partial charge in [0.25, 0.3) is 5.56 Å². The highest BCUT2D eigenvalue weighted by atomic mass is 35.5. The number of fused-ring (bicyclic) bond motifs is 1. The van der Waals surface area contributed by atoms with E-state index in [9.17, 15) is 4.79 Å². The summed E-state index contributed by atoms with van der Waals surface area (Å²) in [6.45, 7) is 4.08. The van der Waals surface area contributed by atoms with Crippen LogP contribution in [0.4, 0.5) is 0 Å². The van der Waals surface area contributed by atoms with Gasteiger partial charge in [0.1, 0.15) is 5.15 Å². The number of aromatic nitrogens is 2. The second-order valence-electron chi connectivity index (χ2n) is 4.15. The maximum Gasteiger partial charge on any atom is 0.251 e. The minimum atomic E-state index is -0.0136. The molecule has 0 aliphatic rings. The van der Waals surface area contributed by atoms with Gasteiger partial charge in [0.2, 0.25) is 0 Å². The number of hydrogen-bond acceptors (Lipinski definition) is 2. The standard InChI is InChI=1S/C12H13ClN2O/c1-7(2)8-6-11(16)15(3)9-4-5-10(13)14-12(8)9/h4-7H,1-3H3. The Morgan fingerprint density at radius 2 is 2.06 bits per heavy atom. The second kappa shape index (κ2) is 3.91. The number of aryl methyl sites for hydroxylation is 1. The summed E-state index contributed by atoms with van der Waals surface area (Å²) < 4.78 is 1.59. The summed E-state index contributed by atoms with van der Waals surface area (Å²) in [5.41, 5.74) is 2.56. The first-order valence-electron chi connectivity index (χ1n) is 5.17. The zero-order valence-corrected chi connectivity index (χ0v) is 10.2. The van der Waals surface area contributed by atoms with Crippen molar-refractivity contribution in [2.24, 2.45) is 7.05 Å². The van der Waals surface area contributed by atoms with Crippen LogP contribution < -0.4 is 5.56 Å². The van der Waals surface area contributed by atoms with Gasteiger partial charge in [-0.1, -0.05) is 25.4 Å². The van der Waals surface area contributed by atoms with Gasteiger partial charge < -0.3 is 4.57 Å². The average Bonchev–Trinajstić information content (AvgIpc) is 2.22. The van der Waals surface area contributed by atoms with Gasteiger partial charge in [-0.3, -0.25) is 4.79 Å². The molecule has 2 aromatic rings. The van der Waals surface area contributed by atoms with Gasteiger partial charge in [0, 0.05) is 13.1 Å². The Morgan fingerprint density at radius 3 is 2.69 bits per heavy atom. The molecular formula is C12H13ClN2O. The Hall–Kier alpha value is -1.35. The molecule has 0 fully saturated rings. The summed E-state index contributed by atoms with van der Waals surface area (Å²) in [6, 6.07) is 5.17. The molecule has 0 aromatic carbocycles. The van der Waals surface area contributed by atoms with E-state index in [4.69, 9.17) is 11.6 Å². The first-order valence-corrected chi connectivity index (χ1v) is 5.54. The lowest BCUT2D eigenvalue weighted by Gasteiger charge is -2.11. The number of rotatable bonds is 1. The van der Waals surface area contributed by atoms with Gasteiger partial charge in [0.15, 0.2) is 0 Å². The predicted octanol–water partition coefficient (Wildman–Crippen LogP) is 2.71. The van der Waals surface area contributed by atoms with Crippen molar-refractivity contribution in [1.82, 2.24) is 9.55 Å². The lowest BCUT2D eigenvalue weighted by Crippen LogP contribution is -2.18. The molecule has 0 aliphatic carbocycles. The van der Waals surface area contributed by atoms with Crippen LogP contribution in [0.25, 0.3) is 11.0 Å². The summed E-state index contributed by atoms with van der Waals surface area (Å²) in [6.07, 6.45) is 0. The van der Waals surface area contributed by atoms with Crippen LogP contribution in [0.2, 0.25) is 5.15 Å². The van der Waals surface area contributed by atoms with E-state index in [1.54, 1.807) is 23.7 Å². The number of pyridine rings is 2. The highest BCUT2D eigenvalue weighted by molar-refractivity contribution is 6.29. The highest BCUT2D eigenvalue weighted by Crippen LogP contribution is 2.23. The SMILES string of the molecule is CC(C)c1cc(=O)n(C)c2ccc(Cl)nc12. The summed E-state index contributed by atoms with van der Waals surface area (Å²) in [4.78, 5) is 16.0. The number of nitrogens with zero attached hydrogens (tertiary/aromatic N) is 2. The van der Waals surface area contributed by atoms with Gasteiger partial charge in [-0.25, -0.2) is 4.98 Å². The van der Waals surface area contributed by atoms with Crippen molar-refractivity contribution in [3.8, 4) is 0 Å². The van der Waals surface area contributed by atoms with Crippen LogP contribution in [0, 0.1) is 0 Å². The molecule has 4 heteroatoms. The molecule has 0 atom stereocenters. The van der Waals surface area contributed by atoms with Gasteiger partial charge in [0.05, 0.1) is 11.0 Å². The Morgan fingerprint density at radius 1 is 1.38 bits per heavy atom. The molecule has 0 aliphatic heterocycles. The smallest absolute Gasteiger partial charge is 0.251 e. The van der Waals surface area contributed by atoms with E-state index >= 15 is 0 Å². The lowest BCUT2D eigenvalue weighted by molar-refractivity contribution is 0.841. The van der Waals surface area contributed by atoms with Crippen LogP contribution in [0.1, 0.15) is 25.3 Å². The fourth-order valence-corrected chi connectivity index (χ4v) is 1.92. The average molecular weight is 237 g/mol. The van der Waals surface area contributed by atoms with Crippen LogP contribution in [-0.4, -0.2) is 9.55 Å². The number of halogens is 1. The van der Waals surface area contributed by atoms with Gasteiger partial charge in [-0.05, 0) is 23.6 Å². The lowest BCUT2D eigenvalue weighted by atomic mass is 10.0. The third-order valence-electron chi connectivity index (χ3n) is 2.71. The van der Waals surface area contributed by atoms with Crippen molar-refractivity contribution in [2.45, 2.75) is 19.8 Å². The summed E-state index contributed by atoms with van der Waals surface area (Å²) >= 11 is 5.89. The van der Waals surface area contributed by atoms with Gasteiger partial charge in [-0.2, -0.15) is 0 Å². The Labute approximate surface area is 98.7 Å².